The summed E-state index contributed by atoms with van der Waals surface area (Å²) < 4.78 is 0. The Morgan fingerprint density at radius 2 is 1.95 bits per heavy atom. The van der Waals surface area contributed by atoms with Crippen molar-refractivity contribution in [2.75, 3.05) is 5.32 Å². The molecule has 100 valence electrons. The van der Waals surface area contributed by atoms with E-state index >= 15 is 0 Å². The van der Waals surface area contributed by atoms with Gasteiger partial charge in [0, 0.05) is 12.2 Å². The van der Waals surface area contributed by atoms with Crippen molar-refractivity contribution < 1.29 is 0 Å². The van der Waals surface area contributed by atoms with E-state index in [0.29, 0.717) is 5.15 Å². The quantitative estimate of drug-likeness (QED) is 0.788. The first-order valence-corrected chi connectivity index (χ1v) is 7.04. The monoisotopic (exact) mass is 274 g/mol. The van der Waals surface area contributed by atoms with E-state index in [1.165, 1.54) is 17.5 Å². The molecule has 1 unspecified atom stereocenters. The topological polar surface area (TPSA) is 24.9 Å². The second-order valence-electron chi connectivity index (χ2n) is 4.70. The number of nitrogens with zero attached hydrogens (tertiary/aromatic N) is 1. The summed E-state index contributed by atoms with van der Waals surface area (Å²) in [7, 11) is 0. The molecule has 0 aliphatic carbocycles. The zero-order chi connectivity index (χ0) is 13.7. The number of rotatable bonds is 5. The highest BCUT2D eigenvalue weighted by atomic mass is 35.5. The van der Waals surface area contributed by atoms with Gasteiger partial charge in [-0.05, 0) is 36.6 Å². The smallest absolute Gasteiger partial charge is 0.152 e. The fourth-order valence-electron chi connectivity index (χ4n) is 2.07. The summed E-state index contributed by atoms with van der Waals surface area (Å²) in [6.07, 6.45) is 4.01. The second-order valence-corrected chi connectivity index (χ2v) is 5.06. The summed E-state index contributed by atoms with van der Waals surface area (Å²) in [6, 6.07) is 12.8. The first kappa shape index (κ1) is 13.9. The third-order valence-electron chi connectivity index (χ3n) is 3.15. The zero-order valence-corrected chi connectivity index (χ0v) is 12.1. The molecule has 1 heterocycles. The van der Waals surface area contributed by atoms with E-state index < -0.39 is 0 Å². The largest absolute Gasteiger partial charge is 0.376 e. The van der Waals surface area contributed by atoms with Crippen molar-refractivity contribution in [3.8, 4) is 0 Å². The number of hydrogen-bond acceptors (Lipinski definition) is 2. The molecule has 0 bridgehead atoms. The number of benzene rings is 1. The Morgan fingerprint density at radius 1 is 1.21 bits per heavy atom. The molecule has 0 spiro atoms. The highest BCUT2D eigenvalue weighted by Gasteiger charge is 2.07. The Morgan fingerprint density at radius 3 is 2.58 bits per heavy atom. The van der Waals surface area contributed by atoms with Gasteiger partial charge in [-0.1, -0.05) is 49.2 Å². The number of hydrogen-bond donors (Lipinski definition) is 1. The minimum Gasteiger partial charge on any atom is -0.376 e. The van der Waals surface area contributed by atoms with Crippen LogP contribution in [0.4, 0.5) is 5.69 Å². The van der Waals surface area contributed by atoms with Gasteiger partial charge in [-0.25, -0.2) is 4.98 Å². The van der Waals surface area contributed by atoms with E-state index in [0.717, 1.165) is 12.1 Å². The summed E-state index contributed by atoms with van der Waals surface area (Å²) in [5.74, 6) is 0. The van der Waals surface area contributed by atoms with E-state index in [2.05, 4.69) is 48.4 Å². The summed E-state index contributed by atoms with van der Waals surface area (Å²) >= 11 is 6.05. The zero-order valence-electron chi connectivity index (χ0n) is 11.4. The van der Waals surface area contributed by atoms with E-state index in [9.17, 15) is 0 Å². The second kappa shape index (κ2) is 6.58. The summed E-state index contributed by atoms with van der Waals surface area (Å²) in [5.41, 5.74) is 3.51. The van der Waals surface area contributed by atoms with E-state index in [1.807, 2.05) is 12.1 Å². The van der Waals surface area contributed by atoms with Crippen LogP contribution in [0.15, 0.2) is 42.6 Å². The molecule has 1 aromatic heterocycles. The molecule has 1 atom stereocenters. The number of pyridine rings is 1. The number of anilines is 1. The Hall–Kier alpha value is -1.54. The molecule has 0 aliphatic rings. The normalized spacial score (nSPS) is 12.2. The van der Waals surface area contributed by atoms with Crippen molar-refractivity contribution in [1.29, 1.82) is 0 Å². The van der Waals surface area contributed by atoms with Gasteiger partial charge in [0.2, 0.25) is 0 Å². The average Bonchev–Trinajstić information content (AvgIpc) is 2.42. The molecule has 2 nitrogen and oxygen atoms in total. The molecule has 0 aliphatic heterocycles. The van der Waals surface area contributed by atoms with Crippen LogP contribution >= 0.6 is 11.6 Å². The van der Waals surface area contributed by atoms with Crippen molar-refractivity contribution in [3.63, 3.8) is 0 Å². The maximum Gasteiger partial charge on any atom is 0.152 e. The van der Waals surface area contributed by atoms with Crippen LogP contribution in [0.25, 0.3) is 0 Å². The molecular weight excluding hydrogens is 256 g/mol. The van der Waals surface area contributed by atoms with Gasteiger partial charge in [0.15, 0.2) is 5.15 Å². The van der Waals surface area contributed by atoms with Gasteiger partial charge in [-0.3, -0.25) is 0 Å². The lowest BCUT2D eigenvalue weighted by molar-refractivity contribution is 0.875. The molecule has 0 saturated heterocycles. The van der Waals surface area contributed by atoms with Crippen LogP contribution in [-0.4, -0.2) is 4.98 Å². The Labute approximate surface area is 119 Å². The van der Waals surface area contributed by atoms with Crippen molar-refractivity contribution in [2.24, 2.45) is 0 Å². The minimum absolute atomic E-state index is 0.206. The molecule has 1 aromatic carbocycles. The molecule has 2 rings (SSSR count). The Balaban J connectivity index is 2.07. The van der Waals surface area contributed by atoms with Gasteiger partial charge in [-0.2, -0.15) is 0 Å². The summed E-state index contributed by atoms with van der Waals surface area (Å²) in [5, 5.41) is 3.89. The van der Waals surface area contributed by atoms with Gasteiger partial charge in [0.25, 0.3) is 0 Å². The van der Waals surface area contributed by atoms with E-state index in [4.69, 9.17) is 11.6 Å². The number of aryl methyl sites for hydroxylation is 1. The molecule has 19 heavy (non-hydrogen) atoms. The third-order valence-corrected chi connectivity index (χ3v) is 3.45. The minimum atomic E-state index is 0.206. The molecule has 0 saturated carbocycles. The number of nitrogens with one attached hydrogen (secondary N) is 1. The molecule has 3 heteroatoms. The first-order chi connectivity index (χ1) is 9.20. The van der Waals surface area contributed by atoms with Gasteiger partial charge < -0.3 is 5.32 Å². The van der Waals surface area contributed by atoms with Gasteiger partial charge in [0.1, 0.15) is 0 Å². The predicted molar refractivity (Wildman–Crippen MR) is 81.7 cm³/mol. The van der Waals surface area contributed by atoms with Crippen LogP contribution in [0.5, 0.6) is 0 Å². The highest BCUT2D eigenvalue weighted by molar-refractivity contribution is 6.31. The van der Waals surface area contributed by atoms with Gasteiger partial charge in [-0.15, -0.1) is 0 Å². The molecule has 2 aromatic rings. The number of aromatic nitrogens is 1. The van der Waals surface area contributed by atoms with Crippen molar-refractivity contribution >= 4 is 17.3 Å². The third kappa shape index (κ3) is 3.71. The van der Waals surface area contributed by atoms with Crippen LogP contribution in [0.2, 0.25) is 5.15 Å². The van der Waals surface area contributed by atoms with Crippen LogP contribution in [-0.2, 0) is 6.42 Å². The fraction of sp³-hybridized carbons (Fsp3) is 0.312. The highest BCUT2D eigenvalue weighted by Crippen LogP contribution is 2.24. The maximum absolute atomic E-state index is 6.05. The maximum atomic E-state index is 6.05. The molecule has 0 radical (unpaired) electrons. The molecule has 0 amide bonds. The predicted octanol–water partition coefficient (Wildman–Crippen LogP) is 4.86. The van der Waals surface area contributed by atoms with Gasteiger partial charge >= 0.3 is 0 Å². The first-order valence-electron chi connectivity index (χ1n) is 6.66. The SMILES string of the molecule is CCCc1ccc(C(C)Nc2cccnc2Cl)cc1. The van der Waals surface area contributed by atoms with Gasteiger partial charge in [0.05, 0.1) is 5.69 Å². The van der Waals surface area contributed by atoms with E-state index in [-0.39, 0.29) is 6.04 Å². The lowest BCUT2D eigenvalue weighted by Gasteiger charge is -2.16. The lowest BCUT2D eigenvalue weighted by atomic mass is 10.0. The van der Waals surface area contributed by atoms with Crippen LogP contribution in [0, 0.1) is 0 Å². The van der Waals surface area contributed by atoms with Crippen molar-refractivity contribution in [3.05, 3.63) is 58.9 Å². The Kier molecular flexibility index (Phi) is 4.80. The van der Waals surface area contributed by atoms with Crippen molar-refractivity contribution in [1.82, 2.24) is 4.98 Å². The molecule has 0 fully saturated rings. The van der Waals surface area contributed by atoms with Crippen LogP contribution < -0.4 is 5.32 Å². The van der Waals surface area contributed by atoms with Crippen molar-refractivity contribution in [2.45, 2.75) is 32.7 Å². The lowest BCUT2D eigenvalue weighted by Crippen LogP contribution is -2.07. The van der Waals surface area contributed by atoms with Crippen LogP contribution in [0.1, 0.15) is 37.4 Å². The number of halogens is 1. The molecule has 1 N–H and O–H groups in total. The van der Waals surface area contributed by atoms with E-state index in [1.54, 1.807) is 6.20 Å². The molecular formula is C16H19ClN2. The summed E-state index contributed by atoms with van der Waals surface area (Å²) in [4.78, 5) is 4.07. The average molecular weight is 275 g/mol. The Bertz CT molecular complexity index is 523. The fourth-order valence-corrected chi connectivity index (χ4v) is 2.25. The van der Waals surface area contributed by atoms with Crippen LogP contribution in [0.3, 0.4) is 0 Å². The summed E-state index contributed by atoms with van der Waals surface area (Å²) in [6.45, 7) is 4.32. The standard InChI is InChI=1S/C16H19ClN2/c1-3-5-13-7-9-14(10-8-13)12(2)19-15-6-4-11-18-16(15)17/h4,6-12,19H,3,5H2,1-2H3.